The van der Waals surface area contributed by atoms with Crippen molar-refractivity contribution in [1.29, 1.82) is 0 Å². The molecule has 12 heteroatoms. The Morgan fingerprint density at radius 3 is 2.41 bits per heavy atom. The van der Waals surface area contributed by atoms with Gasteiger partial charge < -0.3 is 14.3 Å². The van der Waals surface area contributed by atoms with Gasteiger partial charge in [0.25, 0.3) is 0 Å². The zero-order valence-corrected chi connectivity index (χ0v) is 22.4. The Balaban J connectivity index is 1.41. The van der Waals surface area contributed by atoms with Crippen molar-refractivity contribution < 1.29 is 27.1 Å². The summed E-state index contributed by atoms with van der Waals surface area (Å²) in [7, 11) is -3.55. The van der Waals surface area contributed by atoms with E-state index in [9.17, 15) is 17.6 Å². The first-order valence-corrected chi connectivity index (χ1v) is 14.0. The number of nitrogens with zero attached hydrogens (tertiary/aromatic N) is 3. The van der Waals surface area contributed by atoms with Crippen molar-refractivity contribution in [2.45, 2.75) is 36.8 Å². The van der Waals surface area contributed by atoms with Crippen LogP contribution in [-0.4, -0.2) is 55.0 Å². The van der Waals surface area contributed by atoms with Crippen LogP contribution in [0.1, 0.15) is 30.0 Å². The van der Waals surface area contributed by atoms with Gasteiger partial charge in [-0.15, -0.1) is 0 Å². The summed E-state index contributed by atoms with van der Waals surface area (Å²) >= 11 is 12.1. The molecule has 1 fully saturated rings. The van der Waals surface area contributed by atoms with Gasteiger partial charge in [0.15, 0.2) is 21.4 Å². The van der Waals surface area contributed by atoms with E-state index in [0.29, 0.717) is 47.4 Å². The van der Waals surface area contributed by atoms with Crippen LogP contribution in [0.2, 0.25) is 10.0 Å². The first kappa shape index (κ1) is 27.3. The zero-order chi connectivity index (χ0) is 26.7. The lowest BCUT2D eigenvalue weighted by molar-refractivity contribution is -0.113. The number of hydrogen-bond acceptors (Lipinski definition) is 8. The molecule has 1 aliphatic rings. The molecular formula is C25H24Cl2FN3O5S. The van der Waals surface area contributed by atoms with Crippen LogP contribution in [0.5, 0.6) is 17.5 Å². The van der Waals surface area contributed by atoms with Crippen molar-refractivity contribution in [2.24, 2.45) is 0 Å². The van der Waals surface area contributed by atoms with Crippen LogP contribution in [0.15, 0.2) is 47.6 Å². The van der Waals surface area contributed by atoms with Crippen molar-refractivity contribution >= 4 is 39.3 Å². The lowest BCUT2D eigenvalue weighted by Crippen LogP contribution is -2.41. The minimum absolute atomic E-state index is 0.0917. The van der Waals surface area contributed by atoms with Gasteiger partial charge in [-0.3, -0.25) is 4.90 Å². The number of carbonyl (C=O) groups is 1. The molecule has 2 aromatic carbocycles. The van der Waals surface area contributed by atoms with Crippen LogP contribution in [-0.2, 0) is 14.6 Å². The number of aromatic nitrogens is 2. The van der Waals surface area contributed by atoms with Gasteiger partial charge in [0.05, 0.1) is 26.5 Å². The molecule has 8 nitrogen and oxygen atoms in total. The van der Waals surface area contributed by atoms with Crippen molar-refractivity contribution in [3.05, 3.63) is 69.7 Å². The number of halogens is 3. The second-order valence-electron chi connectivity index (χ2n) is 8.68. The second-order valence-corrected chi connectivity index (χ2v) is 11.5. The fraction of sp³-hybridized carbons (Fsp3) is 0.320. The number of ether oxygens (including phenoxy) is 2. The van der Waals surface area contributed by atoms with E-state index in [-0.39, 0.29) is 22.6 Å². The molecule has 37 heavy (non-hydrogen) atoms. The predicted molar refractivity (Wildman–Crippen MR) is 137 cm³/mol. The molecule has 0 bridgehead atoms. The number of rotatable bonds is 8. The highest BCUT2D eigenvalue weighted by atomic mass is 35.5. The van der Waals surface area contributed by atoms with Crippen LogP contribution in [0.4, 0.5) is 4.39 Å². The van der Waals surface area contributed by atoms with E-state index in [1.807, 2.05) is 0 Å². The molecule has 1 atom stereocenters. The Morgan fingerprint density at radius 2 is 1.78 bits per heavy atom. The highest BCUT2D eigenvalue weighted by Crippen LogP contribution is 2.33. The molecule has 1 aliphatic heterocycles. The van der Waals surface area contributed by atoms with Crippen molar-refractivity contribution in [2.75, 3.05) is 19.3 Å². The molecule has 2 heterocycles. The molecular weight excluding hydrogens is 544 g/mol. The highest BCUT2D eigenvalue weighted by Gasteiger charge is 2.28. The van der Waals surface area contributed by atoms with E-state index >= 15 is 0 Å². The number of benzene rings is 2. The van der Waals surface area contributed by atoms with Crippen LogP contribution in [0.3, 0.4) is 0 Å². The van der Waals surface area contributed by atoms with E-state index in [1.54, 1.807) is 25.1 Å². The highest BCUT2D eigenvalue weighted by molar-refractivity contribution is 7.90. The van der Waals surface area contributed by atoms with E-state index in [4.69, 9.17) is 32.7 Å². The molecule has 1 aromatic heterocycles. The van der Waals surface area contributed by atoms with E-state index in [2.05, 4.69) is 14.9 Å². The van der Waals surface area contributed by atoms with Crippen LogP contribution in [0.25, 0.3) is 0 Å². The van der Waals surface area contributed by atoms with Gasteiger partial charge in [-0.05, 0) is 55.7 Å². The molecule has 0 saturated carbocycles. The minimum Gasteiger partial charge on any atom is -0.474 e. The fourth-order valence-electron chi connectivity index (χ4n) is 4.04. The number of aldehydes is 1. The largest absolute Gasteiger partial charge is 0.474 e. The Hall–Kier alpha value is -2.79. The maximum Gasteiger partial charge on any atom is 0.229 e. The SMILES string of the molecule is Cc1c(Oc2ccc(S(C)(=O)=O)cc2F)ncnc1OC1CCN(C(C=O)c2ccc(Cl)c(Cl)c2)CC1. The second kappa shape index (κ2) is 11.3. The summed E-state index contributed by atoms with van der Waals surface area (Å²) in [5.41, 5.74) is 1.24. The van der Waals surface area contributed by atoms with E-state index in [1.165, 1.54) is 18.5 Å². The van der Waals surface area contributed by atoms with Gasteiger partial charge in [0.1, 0.15) is 18.7 Å². The van der Waals surface area contributed by atoms with E-state index < -0.39 is 21.7 Å². The van der Waals surface area contributed by atoms with Gasteiger partial charge >= 0.3 is 0 Å². The Kier molecular flexibility index (Phi) is 8.33. The summed E-state index contributed by atoms with van der Waals surface area (Å²) in [5, 5.41) is 0.826. The maximum absolute atomic E-state index is 14.5. The van der Waals surface area contributed by atoms with Crippen LogP contribution >= 0.6 is 23.2 Å². The molecule has 1 unspecified atom stereocenters. The molecule has 0 aliphatic carbocycles. The number of piperidine rings is 1. The van der Waals surface area contributed by atoms with Crippen LogP contribution in [0, 0.1) is 12.7 Å². The average molecular weight is 568 g/mol. The number of sulfone groups is 1. The molecule has 1 saturated heterocycles. The number of likely N-dealkylation sites (tertiary alicyclic amines) is 1. The minimum atomic E-state index is -3.55. The van der Waals surface area contributed by atoms with Crippen molar-refractivity contribution in [1.82, 2.24) is 14.9 Å². The lowest BCUT2D eigenvalue weighted by atomic mass is 10.0. The summed E-state index contributed by atoms with van der Waals surface area (Å²) in [6, 6.07) is 8.13. The van der Waals surface area contributed by atoms with Crippen molar-refractivity contribution in [3.8, 4) is 17.5 Å². The predicted octanol–water partition coefficient (Wildman–Crippen LogP) is 5.21. The fourth-order valence-corrected chi connectivity index (χ4v) is 4.98. The summed E-state index contributed by atoms with van der Waals surface area (Å²) in [4.78, 5) is 22.0. The monoisotopic (exact) mass is 567 g/mol. The third kappa shape index (κ3) is 6.38. The third-order valence-corrected chi connectivity index (χ3v) is 7.94. The van der Waals surface area contributed by atoms with E-state index in [0.717, 1.165) is 24.2 Å². The average Bonchev–Trinajstić information content (AvgIpc) is 2.85. The molecule has 196 valence electrons. The normalized spacial score (nSPS) is 15.8. The van der Waals surface area contributed by atoms with Gasteiger partial charge in [0.2, 0.25) is 11.8 Å². The topological polar surface area (TPSA) is 98.7 Å². The Bertz CT molecular complexity index is 1420. The smallest absolute Gasteiger partial charge is 0.229 e. The molecule has 0 N–H and O–H groups in total. The van der Waals surface area contributed by atoms with Gasteiger partial charge in [0, 0.05) is 19.3 Å². The van der Waals surface area contributed by atoms with Crippen molar-refractivity contribution in [3.63, 3.8) is 0 Å². The number of carbonyl (C=O) groups excluding carboxylic acids is 1. The molecule has 0 amide bonds. The van der Waals surface area contributed by atoms with Gasteiger partial charge in [-0.25, -0.2) is 22.8 Å². The Labute approximate surface area is 224 Å². The molecule has 0 radical (unpaired) electrons. The molecule has 3 aromatic rings. The summed E-state index contributed by atoms with van der Waals surface area (Å²) in [6.07, 6.45) is 4.27. The maximum atomic E-state index is 14.5. The summed E-state index contributed by atoms with van der Waals surface area (Å²) in [5.74, 6) is -0.611. The van der Waals surface area contributed by atoms with Gasteiger partial charge in [-0.2, -0.15) is 0 Å². The first-order valence-electron chi connectivity index (χ1n) is 11.4. The Morgan fingerprint density at radius 1 is 1.08 bits per heavy atom. The standard InChI is InChI=1S/C25H24Cl2FN3O5S/c1-15-24(29-14-30-25(15)36-23-6-4-18(12-21(23)28)37(2,33)34)35-17-7-9-31(10-8-17)22(13-32)16-3-5-19(26)20(27)11-16/h3-6,11-14,17,22H,7-10H2,1-2H3. The quantitative estimate of drug-likeness (QED) is 0.342. The molecule has 0 spiro atoms. The van der Waals surface area contributed by atoms with Crippen LogP contribution < -0.4 is 9.47 Å². The summed E-state index contributed by atoms with van der Waals surface area (Å²) < 4.78 is 49.4. The zero-order valence-electron chi connectivity index (χ0n) is 20.0. The molecule has 4 rings (SSSR count). The number of hydrogen-bond donors (Lipinski definition) is 0. The lowest BCUT2D eigenvalue weighted by Gasteiger charge is -2.35. The third-order valence-electron chi connectivity index (χ3n) is 6.09. The first-order chi connectivity index (χ1) is 17.6. The van der Waals surface area contributed by atoms with Gasteiger partial charge in [-0.1, -0.05) is 29.3 Å². The summed E-state index contributed by atoms with van der Waals surface area (Å²) in [6.45, 7) is 2.91.